The number of aromatic hydroxyl groups is 2. The monoisotopic (exact) mass is 1250 g/mol. The van der Waals surface area contributed by atoms with Crippen LogP contribution in [0.15, 0.2) is 97.1 Å². The Morgan fingerprint density at radius 2 is 1.14 bits per heavy atom. The second kappa shape index (κ2) is 34.2. The third kappa shape index (κ3) is 22.8. The highest BCUT2D eigenvalue weighted by Crippen LogP contribution is 2.25. The van der Waals surface area contributed by atoms with Crippen molar-refractivity contribution in [2.24, 2.45) is 28.7 Å². The molecule has 0 saturated carbocycles. The molecule has 4 aromatic rings. The zero-order valence-corrected chi connectivity index (χ0v) is 49.4. The van der Waals surface area contributed by atoms with Gasteiger partial charge in [0.2, 0.25) is 59.1 Å². The summed E-state index contributed by atoms with van der Waals surface area (Å²) in [4.78, 5) is 138. The molecule has 0 radical (unpaired) electrons. The summed E-state index contributed by atoms with van der Waals surface area (Å²) in [6.07, 6.45) is -1.90. The minimum atomic E-state index is -1.79. The van der Waals surface area contributed by atoms with Crippen LogP contribution in [0.3, 0.4) is 0 Å². The normalized spacial score (nSPS) is 20.6. The summed E-state index contributed by atoms with van der Waals surface area (Å²) in [6, 6.07) is 11.0. The van der Waals surface area contributed by atoms with E-state index in [4.69, 9.17) is 40.3 Å². The van der Waals surface area contributed by atoms with Gasteiger partial charge in [-0.05, 0) is 116 Å². The summed E-state index contributed by atoms with van der Waals surface area (Å²) >= 11 is 6.08. The zero-order chi connectivity index (χ0) is 63.0. The minimum Gasteiger partial charge on any atom is -0.508 e. The van der Waals surface area contributed by atoms with Crippen LogP contribution in [0.2, 0.25) is 5.02 Å². The van der Waals surface area contributed by atoms with Crippen LogP contribution >= 0.6 is 33.2 Å². The van der Waals surface area contributed by atoms with Gasteiger partial charge in [0, 0.05) is 47.9 Å². The van der Waals surface area contributed by atoms with Crippen LogP contribution in [0.5, 0.6) is 11.5 Å². The van der Waals surface area contributed by atoms with E-state index < -0.39 is 120 Å². The second-order valence-corrected chi connectivity index (χ2v) is 23.5. The molecule has 1 saturated heterocycles. The summed E-state index contributed by atoms with van der Waals surface area (Å²) in [5.41, 5.74) is 31.4. The van der Waals surface area contributed by atoms with Crippen molar-refractivity contribution in [2.45, 2.75) is 125 Å². The van der Waals surface area contributed by atoms with Crippen LogP contribution in [0.1, 0.15) is 61.3 Å². The van der Waals surface area contributed by atoms with Crippen LogP contribution in [-0.4, -0.2) is 153 Å². The number of nitrogens with one attached hydrogen (secondary N) is 8. The quantitative estimate of drug-likeness (QED) is 0.0302. The average Bonchev–Trinajstić information content (AvgIpc) is 3.68. The van der Waals surface area contributed by atoms with Gasteiger partial charge >= 0.3 is 0 Å². The number of hydrogen-bond acceptors (Lipinski definition) is 18. The first kappa shape index (κ1) is 68.8. The molecule has 0 spiro atoms. The maximum atomic E-state index is 14.9. The Morgan fingerprint density at radius 1 is 0.628 bits per heavy atom. The first-order valence-electron chi connectivity index (χ1n) is 27.4. The van der Waals surface area contributed by atoms with Crippen LogP contribution in [-0.2, 0) is 73.6 Å². The number of carbonyl (C=O) groups is 10. The Kier molecular flexibility index (Phi) is 27.4. The molecule has 0 bridgehead atoms. The highest BCUT2D eigenvalue weighted by atomic mass is 35.5. The third-order valence-corrected chi connectivity index (χ3v) is 16.2. The van der Waals surface area contributed by atoms with E-state index in [2.05, 4.69) is 42.5 Å². The largest absolute Gasteiger partial charge is 0.508 e. The molecule has 464 valence electrons. The lowest BCUT2D eigenvalue weighted by Crippen LogP contribution is -2.62. The molecule has 0 aliphatic carbocycles. The number of amides is 10. The van der Waals surface area contributed by atoms with Crippen LogP contribution in [0, 0.1) is 0 Å². The number of halogens is 1. The smallest absolute Gasteiger partial charge is 0.245 e. The van der Waals surface area contributed by atoms with Gasteiger partial charge in [0.25, 0.3) is 0 Å². The molecule has 10 amide bonds. The van der Waals surface area contributed by atoms with Crippen LogP contribution in [0.4, 0.5) is 5.69 Å². The number of nitrogens with two attached hydrogens (primary N) is 5. The van der Waals surface area contributed by atoms with Gasteiger partial charge in [-0.15, -0.1) is 0 Å². The average molecular weight is 1250 g/mol. The number of aliphatic hydroxyl groups is 1. The standard InChI is InChI=1S/C57H74ClN13O13S2/c1-30(72)48-57(84)70-46(55(82)66-42(49(63)76)25-33-9-17-37(73)18-10-33)29-86-85-28-45(69-51(78)40(61)24-31-5-13-35(58)14-6-31)56(83)68-44(27-34-11-19-38(74)20-12-34)54(81)67-43(53(80)65-41(52(79)71-48)4-2-3-23-59)26-32-7-15-36(16-8-32)64-50(77)39(60)21-22-47(62)75/h5-20,30,39-46,48,72-74H,2-4,21-29,59-61H2,1H3,(H2,62,75)(H2,63,76)(H,64,77)(H,65,80)(H,66,82)(H,67,81)(H,68,83)(H,69,78)(H,70,84)(H,71,79)/t30?,39-,40-,41-,42+,43+,44-,45+,46-,48?/m0/s1. The van der Waals surface area contributed by atoms with Crippen molar-refractivity contribution < 1.29 is 63.3 Å². The molecule has 21 N–H and O–H groups in total. The van der Waals surface area contributed by atoms with Crippen LogP contribution < -0.4 is 71.2 Å². The van der Waals surface area contributed by atoms with E-state index in [0.717, 1.165) is 21.6 Å². The fourth-order valence-corrected chi connectivity index (χ4v) is 11.1. The van der Waals surface area contributed by atoms with Gasteiger partial charge in [0.15, 0.2) is 0 Å². The lowest BCUT2D eigenvalue weighted by Gasteiger charge is -2.29. The number of anilines is 1. The van der Waals surface area contributed by atoms with E-state index >= 15 is 0 Å². The number of rotatable bonds is 23. The van der Waals surface area contributed by atoms with Crippen molar-refractivity contribution in [1.29, 1.82) is 0 Å². The molecule has 1 aliphatic heterocycles. The molecule has 86 heavy (non-hydrogen) atoms. The zero-order valence-electron chi connectivity index (χ0n) is 47.0. The molecular formula is C57H74ClN13O13S2. The topological polar surface area (TPSA) is 458 Å². The number of phenolic OH excluding ortho intramolecular Hbond substituents is 2. The number of aliphatic hydroxyl groups excluding tert-OH is 1. The molecule has 29 heteroatoms. The van der Waals surface area contributed by atoms with E-state index in [1.54, 1.807) is 24.3 Å². The first-order valence-corrected chi connectivity index (χ1v) is 30.3. The molecule has 1 heterocycles. The van der Waals surface area contributed by atoms with Gasteiger partial charge in [0.1, 0.15) is 53.8 Å². The fourth-order valence-electron chi connectivity index (χ4n) is 8.62. The molecule has 1 fully saturated rings. The summed E-state index contributed by atoms with van der Waals surface area (Å²) in [5.74, 6) is -9.52. The Labute approximate surface area is 509 Å². The Balaban J connectivity index is 1.57. The lowest BCUT2D eigenvalue weighted by atomic mass is 10.0. The van der Waals surface area contributed by atoms with E-state index in [9.17, 15) is 63.3 Å². The first-order chi connectivity index (χ1) is 40.9. The van der Waals surface area contributed by atoms with Gasteiger partial charge in [-0.1, -0.05) is 81.7 Å². The molecule has 5 rings (SSSR count). The number of benzene rings is 4. The van der Waals surface area contributed by atoms with Gasteiger partial charge < -0.3 is 86.5 Å². The van der Waals surface area contributed by atoms with E-state index in [-0.39, 0.29) is 86.6 Å². The van der Waals surface area contributed by atoms with E-state index in [1.165, 1.54) is 79.7 Å². The van der Waals surface area contributed by atoms with Crippen LogP contribution in [0.25, 0.3) is 0 Å². The predicted molar refractivity (Wildman–Crippen MR) is 324 cm³/mol. The molecule has 26 nitrogen and oxygen atoms in total. The molecule has 4 aromatic carbocycles. The van der Waals surface area contributed by atoms with Gasteiger partial charge in [-0.25, -0.2) is 0 Å². The Hall–Kier alpha value is -7.99. The summed E-state index contributed by atoms with van der Waals surface area (Å²) < 4.78 is 0. The summed E-state index contributed by atoms with van der Waals surface area (Å²) in [5, 5.41) is 52.5. The summed E-state index contributed by atoms with van der Waals surface area (Å²) in [6.45, 7) is 1.39. The molecule has 1 aliphatic rings. The van der Waals surface area contributed by atoms with Gasteiger partial charge in [-0.2, -0.15) is 0 Å². The molecule has 2 unspecified atom stereocenters. The second-order valence-electron chi connectivity index (χ2n) is 20.5. The maximum absolute atomic E-state index is 14.9. The number of primary amides is 2. The maximum Gasteiger partial charge on any atom is 0.245 e. The van der Waals surface area contributed by atoms with Crippen molar-refractivity contribution in [1.82, 2.24) is 37.2 Å². The SMILES string of the molecule is CC(O)C1NC(=O)[C@H](CCCCN)NC(=O)[C@@H](Cc2ccc(NC(=O)[C@@H](N)CCC(N)=O)cc2)NC(=O)[C@H](Cc2ccc(O)cc2)NC(=O)[C@H](NC(=O)[C@@H](N)Cc2ccc(Cl)cc2)CSSC[C@@H](C(=O)N[C@H](Cc2ccc(O)cc2)C(N)=O)NC1=O. The lowest BCUT2D eigenvalue weighted by molar-refractivity contribution is -0.136. The van der Waals surface area contributed by atoms with Crippen molar-refractivity contribution >= 4 is 97.9 Å². The number of hydrogen-bond donors (Lipinski definition) is 16. The number of carbonyl (C=O) groups excluding carboxylic acids is 10. The highest BCUT2D eigenvalue weighted by Gasteiger charge is 2.37. The number of unbranched alkanes of at least 4 members (excludes halogenated alkanes) is 1. The minimum absolute atomic E-state index is 0.00974. The van der Waals surface area contributed by atoms with Crippen molar-refractivity contribution in [2.75, 3.05) is 23.4 Å². The highest BCUT2D eigenvalue weighted by molar-refractivity contribution is 8.76. The van der Waals surface area contributed by atoms with Crippen molar-refractivity contribution in [3.8, 4) is 11.5 Å². The third-order valence-electron chi connectivity index (χ3n) is 13.5. The van der Waals surface area contributed by atoms with Gasteiger partial charge in [0.05, 0.1) is 18.2 Å². The number of phenols is 2. The Bertz CT molecular complexity index is 2990. The van der Waals surface area contributed by atoms with E-state index in [0.29, 0.717) is 33.7 Å². The predicted octanol–water partition coefficient (Wildman–Crippen LogP) is -1.34. The van der Waals surface area contributed by atoms with E-state index in [1.807, 2.05) is 0 Å². The summed E-state index contributed by atoms with van der Waals surface area (Å²) in [7, 11) is 1.88. The van der Waals surface area contributed by atoms with Gasteiger partial charge in [-0.3, -0.25) is 47.9 Å². The molecule has 0 aromatic heterocycles. The van der Waals surface area contributed by atoms with Crippen molar-refractivity contribution in [3.63, 3.8) is 0 Å². The van der Waals surface area contributed by atoms with Crippen molar-refractivity contribution in [3.05, 3.63) is 124 Å². The Morgan fingerprint density at radius 3 is 1.70 bits per heavy atom. The molecular weight excluding hydrogens is 1170 g/mol. The fraction of sp³-hybridized carbons (Fsp3) is 0.404. The molecule has 10 atom stereocenters.